The van der Waals surface area contributed by atoms with Gasteiger partial charge in [0.25, 0.3) is 0 Å². The van der Waals surface area contributed by atoms with Gasteiger partial charge in [0.2, 0.25) is 18.6 Å². The molecule has 0 spiro atoms. The SMILES string of the molecule is [2H]c1c([2H])c(C2c3[nH]c4ccccc4c3C([2H])([2H])[C@@H]3C(=O)N(C([2H])([2H])[2H])C([2H])([2H])C(=O)N23)c([2H])c2c1OC([2H])([2H])O2. The molecule has 3 aromatic rings. The number of rotatable bonds is 1. The number of carbonyl (C=O) groups is 2. The molecular weight excluding hydrogens is 370 g/mol. The molecule has 3 aliphatic rings. The highest BCUT2D eigenvalue weighted by Crippen LogP contribution is 2.44. The molecule has 2 atom stereocenters. The highest BCUT2D eigenvalue weighted by Gasteiger charge is 2.47. The Kier molecular flexibility index (Phi) is 1.69. The molecule has 4 heterocycles. The fourth-order valence-electron chi connectivity index (χ4n) is 3.82. The number of hydrogen-bond donors (Lipinski definition) is 1. The zero-order chi connectivity index (χ0) is 30.2. The molecule has 0 aliphatic carbocycles. The van der Waals surface area contributed by atoms with Crippen molar-refractivity contribution in [1.29, 1.82) is 0 Å². The number of benzene rings is 2. The summed E-state index contributed by atoms with van der Waals surface area (Å²) in [6.07, 6.45) is -2.81. The maximum atomic E-state index is 13.9. The molecule has 0 bridgehead atoms. The topological polar surface area (TPSA) is 74.9 Å². The summed E-state index contributed by atoms with van der Waals surface area (Å²) in [6.45, 7) is -9.78. The van der Waals surface area contributed by atoms with Crippen LogP contribution < -0.4 is 9.47 Å². The lowest BCUT2D eigenvalue weighted by Crippen LogP contribution is -2.62. The molecule has 0 saturated carbocycles. The second-order valence-corrected chi connectivity index (χ2v) is 6.64. The molecular formula is C22H19N3O4. The summed E-state index contributed by atoms with van der Waals surface area (Å²) in [4.78, 5) is 30.8. The summed E-state index contributed by atoms with van der Waals surface area (Å²) in [5, 5.41) is 0.243. The number of H-pyrrole nitrogens is 1. The fourth-order valence-corrected chi connectivity index (χ4v) is 3.82. The highest BCUT2D eigenvalue weighted by molar-refractivity contribution is 5.97. The van der Waals surface area contributed by atoms with Crippen LogP contribution in [0.1, 0.15) is 39.3 Å². The van der Waals surface area contributed by atoms with Crippen molar-refractivity contribution >= 4 is 22.7 Å². The van der Waals surface area contributed by atoms with E-state index in [4.69, 9.17) is 25.9 Å². The monoisotopic (exact) mass is 401 g/mol. The van der Waals surface area contributed by atoms with Crippen LogP contribution in [0.25, 0.3) is 10.9 Å². The van der Waals surface area contributed by atoms with Crippen LogP contribution in [-0.4, -0.2) is 52.9 Å². The van der Waals surface area contributed by atoms with E-state index >= 15 is 0 Å². The van der Waals surface area contributed by atoms with Gasteiger partial charge >= 0.3 is 0 Å². The van der Waals surface area contributed by atoms with Gasteiger partial charge in [-0.15, -0.1) is 0 Å². The molecule has 1 saturated heterocycles. The van der Waals surface area contributed by atoms with E-state index in [1.807, 2.05) is 0 Å². The fraction of sp³-hybridized carbons (Fsp3) is 0.273. The Morgan fingerprint density at radius 2 is 2.10 bits per heavy atom. The Morgan fingerprint density at radius 1 is 1.24 bits per heavy atom. The van der Waals surface area contributed by atoms with Crippen LogP contribution in [0.15, 0.2) is 42.4 Å². The van der Waals surface area contributed by atoms with Gasteiger partial charge in [-0.3, -0.25) is 9.59 Å². The third-order valence-corrected chi connectivity index (χ3v) is 5.07. The summed E-state index contributed by atoms with van der Waals surface area (Å²) in [5.74, 6) is -4.34. The van der Waals surface area contributed by atoms with Gasteiger partial charge < -0.3 is 24.3 Å². The molecule has 7 nitrogen and oxygen atoms in total. The molecule has 1 aromatic heterocycles. The Morgan fingerprint density at radius 3 is 3.00 bits per heavy atom. The van der Waals surface area contributed by atoms with Crippen molar-refractivity contribution in [3.63, 3.8) is 0 Å². The molecule has 7 heteroatoms. The summed E-state index contributed by atoms with van der Waals surface area (Å²) < 4.78 is 110. The Balaban J connectivity index is 1.73. The van der Waals surface area contributed by atoms with Crippen molar-refractivity contribution in [2.24, 2.45) is 0 Å². The number of aromatic nitrogens is 1. The summed E-state index contributed by atoms with van der Waals surface area (Å²) in [7, 11) is 0. The minimum absolute atomic E-state index is 0.144. The molecule has 29 heavy (non-hydrogen) atoms. The molecule has 6 rings (SSSR count). The van der Waals surface area contributed by atoms with Gasteiger partial charge in [0.1, 0.15) is 8.78 Å². The third-order valence-electron chi connectivity index (χ3n) is 5.07. The van der Waals surface area contributed by atoms with Gasteiger partial charge in [0.15, 0.2) is 11.5 Å². The van der Waals surface area contributed by atoms with E-state index in [1.54, 1.807) is 18.2 Å². The number of hydrogen-bond acceptors (Lipinski definition) is 4. The first-order chi connectivity index (χ1) is 18.8. The Labute approximate surface area is 183 Å². The van der Waals surface area contributed by atoms with Crippen molar-refractivity contribution in [2.45, 2.75) is 18.5 Å². The molecule has 2 amide bonds. The molecule has 2 aromatic carbocycles. The number of likely N-dealkylation sites (N-methyl/N-ethyl adjacent to an activating group) is 1. The van der Waals surface area contributed by atoms with Crippen molar-refractivity contribution in [3.05, 3.63) is 59.2 Å². The summed E-state index contributed by atoms with van der Waals surface area (Å²) >= 11 is 0. The predicted molar refractivity (Wildman–Crippen MR) is 105 cm³/mol. The van der Waals surface area contributed by atoms with Crippen LogP contribution in [-0.2, 0) is 16.0 Å². The number of para-hydroxylation sites is 1. The normalized spacial score (nSPS) is 34.5. The number of ether oxygens (including phenoxy) is 2. The van der Waals surface area contributed by atoms with Crippen molar-refractivity contribution in [3.8, 4) is 11.5 Å². The largest absolute Gasteiger partial charge is 0.454 e. The Hall–Kier alpha value is -3.48. The first-order valence-electron chi connectivity index (χ1n) is 14.6. The van der Waals surface area contributed by atoms with Gasteiger partial charge in [-0.1, -0.05) is 24.2 Å². The molecule has 1 N–H and O–H groups in total. The lowest BCUT2D eigenvalue weighted by Gasteiger charge is -2.46. The Bertz CT molecular complexity index is 1680. The van der Waals surface area contributed by atoms with Gasteiger partial charge in [0.05, 0.1) is 19.4 Å². The predicted octanol–water partition coefficient (Wildman–Crippen LogP) is 2.21. The zero-order valence-electron chi connectivity index (χ0n) is 26.5. The van der Waals surface area contributed by atoms with E-state index in [-0.39, 0.29) is 21.5 Å². The molecule has 3 aliphatic heterocycles. The minimum atomic E-state index is -3.50. The van der Waals surface area contributed by atoms with E-state index in [9.17, 15) is 9.59 Å². The lowest BCUT2D eigenvalue weighted by molar-refractivity contribution is -0.157. The van der Waals surface area contributed by atoms with Gasteiger partial charge in [-0.25, -0.2) is 0 Å². The first kappa shape index (κ1) is 8.49. The van der Waals surface area contributed by atoms with Crippen molar-refractivity contribution in [1.82, 2.24) is 14.8 Å². The maximum Gasteiger partial charge on any atom is 0.245 e. The van der Waals surface area contributed by atoms with Crippen LogP contribution in [0.5, 0.6) is 11.5 Å². The van der Waals surface area contributed by atoms with Crippen molar-refractivity contribution < 1.29 is 35.5 Å². The van der Waals surface area contributed by atoms with Crippen LogP contribution in [0, 0.1) is 0 Å². The number of aromatic amines is 1. The summed E-state index contributed by atoms with van der Waals surface area (Å²) in [5.41, 5.74) is -0.521. The van der Waals surface area contributed by atoms with E-state index < -0.39 is 85.7 Å². The van der Waals surface area contributed by atoms with Gasteiger partial charge in [0, 0.05) is 36.8 Å². The highest BCUT2D eigenvalue weighted by atomic mass is 16.7. The standard InChI is InChI=1S/C22H19N3O4/c1-24-10-19(26)25-16(22(24)27)9-14-13-4-2-3-5-15(13)23-20(14)21(25)12-6-7-17-18(8-12)29-11-28-17/h2-8,16,21,23H,9-11H2,1H3/t16-,21?/m1/s1/i1D3,6D,7D,8D,9D2,10D2,11D2. The lowest BCUT2D eigenvalue weighted by atomic mass is 9.86. The van der Waals surface area contributed by atoms with Crippen LogP contribution in [0.2, 0.25) is 0 Å². The average molecular weight is 401 g/mol. The van der Waals surface area contributed by atoms with E-state index in [1.165, 1.54) is 6.07 Å². The minimum Gasteiger partial charge on any atom is -0.454 e. The quantitative estimate of drug-likeness (QED) is 0.678. The maximum absolute atomic E-state index is 13.9. The summed E-state index contributed by atoms with van der Waals surface area (Å²) in [6, 6.07) is -0.0134. The van der Waals surface area contributed by atoms with Gasteiger partial charge in [-0.05, 0) is 29.3 Å². The third kappa shape index (κ3) is 2.24. The first-order valence-corrected chi connectivity index (χ1v) is 8.62. The van der Waals surface area contributed by atoms with Gasteiger partial charge in [-0.2, -0.15) is 0 Å². The second-order valence-electron chi connectivity index (χ2n) is 6.64. The van der Waals surface area contributed by atoms with E-state index in [0.29, 0.717) is 10.4 Å². The number of nitrogens with zero attached hydrogens (tertiary/aromatic N) is 2. The number of nitrogens with one attached hydrogen (secondary N) is 1. The number of amides is 2. The number of piperazine rings is 1. The number of fused-ring (bicyclic) bond motifs is 5. The zero-order valence-corrected chi connectivity index (χ0v) is 14.5. The molecule has 1 unspecified atom stereocenters. The number of carbonyl (C=O) groups excluding carboxylic acids is 2. The van der Waals surface area contributed by atoms with Crippen LogP contribution >= 0.6 is 0 Å². The van der Waals surface area contributed by atoms with Crippen LogP contribution in [0.3, 0.4) is 0 Å². The van der Waals surface area contributed by atoms with E-state index in [0.717, 1.165) is 0 Å². The smallest absolute Gasteiger partial charge is 0.245 e. The second kappa shape index (κ2) is 5.76. The van der Waals surface area contributed by atoms with E-state index in [2.05, 4.69) is 4.98 Å². The van der Waals surface area contributed by atoms with Crippen molar-refractivity contribution in [2.75, 3.05) is 20.2 Å². The molecule has 146 valence electrons. The molecule has 1 fully saturated rings. The molecule has 0 radical (unpaired) electrons. The average Bonchev–Trinajstić information content (AvgIpc) is 3.39. The van der Waals surface area contributed by atoms with Crippen LogP contribution in [0.4, 0.5) is 0 Å².